The van der Waals surface area contributed by atoms with Crippen LogP contribution in [0.2, 0.25) is 0 Å². The van der Waals surface area contributed by atoms with Crippen LogP contribution in [0.15, 0.2) is 21.2 Å². The lowest BCUT2D eigenvalue weighted by molar-refractivity contribution is -0.149. The van der Waals surface area contributed by atoms with E-state index in [4.69, 9.17) is 9.47 Å². The molecule has 4 rings (SSSR count). The second kappa shape index (κ2) is 12.1. The molecule has 15 heteroatoms. The molecule has 1 amide bonds. The summed E-state index contributed by atoms with van der Waals surface area (Å²) in [5, 5.41) is 51.1. The summed E-state index contributed by atoms with van der Waals surface area (Å²) < 4.78 is 11.5. The van der Waals surface area contributed by atoms with Gasteiger partial charge in [0, 0.05) is 23.0 Å². The standard InChI is InChI=1S/C24H32N2O11S2/c1-9(27)13(22(30)31)19-25-15(17(38-19)11-5-3-7-36-11)20(29)26-16(24(34)35)18(12-6-4-8-37-12)39-21(26)14(10(2)28)23(32)33/h9-14,19,21,25,27-28H,3-8H2,1-2H3,(H,30,31)(H,32,33)(H,34,35)/t9-,10-,11-,12-,13-,14?,19-,21-/m1/s1. The maximum atomic E-state index is 14.3. The summed E-state index contributed by atoms with van der Waals surface area (Å²) in [6.07, 6.45) is -1.58. The van der Waals surface area contributed by atoms with Crippen molar-refractivity contribution >= 4 is 47.3 Å². The van der Waals surface area contributed by atoms with Crippen molar-refractivity contribution in [2.75, 3.05) is 13.2 Å². The van der Waals surface area contributed by atoms with E-state index in [1.54, 1.807) is 0 Å². The van der Waals surface area contributed by atoms with E-state index >= 15 is 0 Å². The highest BCUT2D eigenvalue weighted by atomic mass is 32.2. The average molecular weight is 589 g/mol. The van der Waals surface area contributed by atoms with Crippen LogP contribution in [0.5, 0.6) is 0 Å². The molecule has 6 N–H and O–H groups in total. The fraction of sp³-hybridized carbons (Fsp3) is 0.667. The summed E-state index contributed by atoms with van der Waals surface area (Å²) in [7, 11) is 0. The third-order valence-electron chi connectivity index (χ3n) is 7.09. The normalized spacial score (nSPS) is 30.3. The van der Waals surface area contributed by atoms with Crippen LogP contribution in [0.1, 0.15) is 39.5 Å². The number of nitrogens with zero attached hydrogens (tertiary/aromatic N) is 1. The second-order valence-electron chi connectivity index (χ2n) is 9.84. The average Bonchev–Trinajstić information content (AvgIpc) is 3.63. The van der Waals surface area contributed by atoms with Gasteiger partial charge >= 0.3 is 17.9 Å². The minimum absolute atomic E-state index is 0.114. The van der Waals surface area contributed by atoms with Crippen LogP contribution in [-0.4, -0.2) is 103 Å². The van der Waals surface area contributed by atoms with Gasteiger partial charge in [0.2, 0.25) is 0 Å². The highest BCUT2D eigenvalue weighted by Gasteiger charge is 2.52. The first-order valence-corrected chi connectivity index (χ1v) is 14.4. The number of ether oxygens (including phenoxy) is 2. The first-order valence-electron chi connectivity index (χ1n) is 12.6. The predicted octanol–water partition coefficient (Wildman–Crippen LogP) is 0.579. The van der Waals surface area contributed by atoms with E-state index in [1.807, 2.05) is 0 Å². The minimum Gasteiger partial charge on any atom is -0.481 e. The number of carbonyl (C=O) groups is 4. The number of carbonyl (C=O) groups excluding carboxylic acids is 1. The van der Waals surface area contributed by atoms with E-state index in [0.717, 1.165) is 28.4 Å². The molecule has 0 aromatic heterocycles. The van der Waals surface area contributed by atoms with Crippen molar-refractivity contribution in [2.45, 2.75) is 74.7 Å². The zero-order valence-electron chi connectivity index (χ0n) is 21.3. The van der Waals surface area contributed by atoms with Gasteiger partial charge in [0.05, 0.1) is 29.8 Å². The van der Waals surface area contributed by atoms with Crippen LogP contribution >= 0.6 is 23.5 Å². The molecule has 2 saturated heterocycles. The van der Waals surface area contributed by atoms with Crippen molar-refractivity contribution in [1.82, 2.24) is 10.2 Å². The summed E-state index contributed by atoms with van der Waals surface area (Å²) >= 11 is 1.89. The Labute approximate surface area is 232 Å². The lowest BCUT2D eigenvalue weighted by Crippen LogP contribution is -2.49. The number of aliphatic carboxylic acids is 3. The maximum absolute atomic E-state index is 14.3. The maximum Gasteiger partial charge on any atom is 0.353 e. The van der Waals surface area contributed by atoms with Crippen LogP contribution in [0.4, 0.5) is 0 Å². The van der Waals surface area contributed by atoms with E-state index in [1.165, 1.54) is 13.8 Å². The lowest BCUT2D eigenvalue weighted by Gasteiger charge is -2.32. The number of nitrogens with one attached hydrogen (secondary N) is 1. The Balaban J connectivity index is 1.81. The molecule has 0 spiro atoms. The Morgan fingerprint density at radius 1 is 0.872 bits per heavy atom. The smallest absolute Gasteiger partial charge is 0.353 e. The molecule has 4 aliphatic rings. The van der Waals surface area contributed by atoms with Gasteiger partial charge in [-0.2, -0.15) is 0 Å². The van der Waals surface area contributed by atoms with E-state index in [-0.39, 0.29) is 10.6 Å². The van der Waals surface area contributed by atoms with Gasteiger partial charge in [0.1, 0.15) is 28.6 Å². The summed E-state index contributed by atoms with van der Waals surface area (Å²) in [6.45, 7) is 3.36. The third kappa shape index (κ3) is 5.79. The highest BCUT2D eigenvalue weighted by molar-refractivity contribution is 8.04. The molecule has 0 aliphatic carbocycles. The van der Waals surface area contributed by atoms with Crippen molar-refractivity contribution < 1.29 is 54.2 Å². The van der Waals surface area contributed by atoms with Crippen LogP contribution in [-0.2, 0) is 28.7 Å². The molecule has 1 unspecified atom stereocenters. The molecule has 0 bridgehead atoms. The molecule has 0 radical (unpaired) electrons. The van der Waals surface area contributed by atoms with E-state index in [0.29, 0.717) is 43.8 Å². The first-order chi connectivity index (χ1) is 18.4. The number of thioether (sulfide) groups is 2. The monoisotopic (exact) mass is 588 g/mol. The molecule has 0 aromatic rings. The Morgan fingerprint density at radius 2 is 1.41 bits per heavy atom. The van der Waals surface area contributed by atoms with Crippen molar-refractivity contribution in [2.24, 2.45) is 11.8 Å². The quantitative estimate of drug-likeness (QED) is 0.207. The third-order valence-corrected chi connectivity index (χ3v) is 9.93. The zero-order chi connectivity index (χ0) is 28.6. The number of hydrogen-bond acceptors (Lipinski definition) is 11. The molecular formula is C24H32N2O11S2. The first kappa shape index (κ1) is 29.7. The Hall–Kier alpha value is -2.30. The predicted molar refractivity (Wildman–Crippen MR) is 138 cm³/mol. The van der Waals surface area contributed by atoms with Gasteiger partial charge in [-0.15, -0.1) is 0 Å². The number of hydrogen-bond donors (Lipinski definition) is 6. The lowest BCUT2D eigenvalue weighted by atomic mass is 10.0. The van der Waals surface area contributed by atoms with E-state index in [9.17, 15) is 44.7 Å². The van der Waals surface area contributed by atoms with Gasteiger partial charge < -0.3 is 40.3 Å². The Bertz CT molecular complexity index is 1080. The van der Waals surface area contributed by atoms with Gasteiger partial charge in [-0.3, -0.25) is 19.3 Å². The van der Waals surface area contributed by atoms with Crippen LogP contribution in [0, 0.1) is 11.8 Å². The molecule has 39 heavy (non-hydrogen) atoms. The molecule has 216 valence electrons. The van der Waals surface area contributed by atoms with Gasteiger partial charge in [0.25, 0.3) is 5.91 Å². The van der Waals surface area contributed by atoms with Crippen LogP contribution in [0.25, 0.3) is 0 Å². The SMILES string of the molecule is C[C@@H](O)C(C(=O)O)[C@H]1SC([C@H]2CCCO2)=C(C(=O)O)N1C(=O)C1=C([C@H]2CCCO2)S[C@H]([C@H](C(=O)O)[C@@H](C)O)N1. The van der Waals surface area contributed by atoms with Crippen molar-refractivity contribution in [1.29, 1.82) is 0 Å². The van der Waals surface area contributed by atoms with Gasteiger partial charge in [-0.1, -0.05) is 23.5 Å². The van der Waals surface area contributed by atoms with E-state index < -0.39 is 76.5 Å². The fourth-order valence-corrected chi connectivity index (χ4v) is 8.46. The molecule has 2 fully saturated rings. The molecule has 8 atom stereocenters. The molecular weight excluding hydrogens is 556 g/mol. The number of carboxylic acids is 3. The Kier molecular flexibility index (Phi) is 9.18. The fourth-order valence-electron chi connectivity index (χ4n) is 5.22. The van der Waals surface area contributed by atoms with Gasteiger partial charge in [0.15, 0.2) is 0 Å². The van der Waals surface area contributed by atoms with Gasteiger partial charge in [-0.05, 0) is 39.5 Å². The number of aliphatic hydroxyl groups is 2. The van der Waals surface area contributed by atoms with Gasteiger partial charge in [-0.25, -0.2) is 4.79 Å². The number of rotatable bonds is 10. The molecule has 4 aliphatic heterocycles. The van der Waals surface area contributed by atoms with Crippen LogP contribution in [0.3, 0.4) is 0 Å². The molecule has 13 nitrogen and oxygen atoms in total. The second-order valence-corrected chi connectivity index (χ2v) is 12.2. The molecule has 0 saturated carbocycles. The zero-order valence-corrected chi connectivity index (χ0v) is 22.9. The topological polar surface area (TPSA) is 203 Å². The number of aliphatic hydroxyl groups excluding tert-OH is 2. The number of amides is 1. The molecule has 4 heterocycles. The summed E-state index contributed by atoms with van der Waals surface area (Å²) in [4.78, 5) is 52.5. The number of carboxylic acid groups (broad SMARTS) is 3. The van der Waals surface area contributed by atoms with Crippen molar-refractivity contribution in [3.8, 4) is 0 Å². The summed E-state index contributed by atoms with van der Waals surface area (Å²) in [5.74, 6) is -7.93. The summed E-state index contributed by atoms with van der Waals surface area (Å²) in [5.41, 5.74) is -0.551. The van der Waals surface area contributed by atoms with Crippen molar-refractivity contribution in [3.05, 3.63) is 21.2 Å². The van der Waals surface area contributed by atoms with E-state index in [2.05, 4.69) is 5.32 Å². The minimum atomic E-state index is -1.55. The summed E-state index contributed by atoms with van der Waals surface area (Å²) in [6, 6.07) is 0. The van der Waals surface area contributed by atoms with Crippen LogP contribution < -0.4 is 5.32 Å². The van der Waals surface area contributed by atoms with Crippen molar-refractivity contribution in [3.63, 3.8) is 0 Å². The highest BCUT2D eigenvalue weighted by Crippen LogP contribution is 2.49. The Morgan fingerprint density at radius 3 is 1.85 bits per heavy atom. The largest absolute Gasteiger partial charge is 0.481 e. The molecule has 0 aromatic carbocycles.